The summed E-state index contributed by atoms with van der Waals surface area (Å²) < 4.78 is 14.5. The molecule has 0 saturated carbocycles. The van der Waals surface area contributed by atoms with E-state index in [0.717, 1.165) is 54.7 Å². The zero-order chi connectivity index (χ0) is 23.7. The number of hydrogen-bond donors (Lipinski definition) is 2. The van der Waals surface area contributed by atoms with Crippen LogP contribution in [0, 0.1) is 17.7 Å². The van der Waals surface area contributed by atoms with Gasteiger partial charge in [0.1, 0.15) is 11.5 Å². The fourth-order valence-corrected chi connectivity index (χ4v) is 5.12. The molecule has 5 rings (SSSR count). The van der Waals surface area contributed by atoms with Gasteiger partial charge in [-0.1, -0.05) is 25.4 Å². The van der Waals surface area contributed by atoms with Gasteiger partial charge in [0.05, 0.1) is 40.6 Å². The molecule has 34 heavy (non-hydrogen) atoms. The molecule has 0 aliphatic carbocycles. The van der Waals surface area contributed by atoms with Crippen LogP contribution in [-0.2, 0) is 0 Å². The highest BCUT2D eigenvalue weighted by Crippen LogP contribution is 2.32. The number of aromatic amines is 1. The smallest absolute Gasteiger partial charge is 0.132 e. The van der Waals surface area contributed by atoms with Gasteiger partial charge in [-0.15, -0.1) is 0 Å². The maximum Gasteiger partial charge on any atom is 0.132 e. The van der Waals surface area contributed by atoms with Crippen LogP contribution in [-0.4, -0.2) is 51.0 Å². The second-order valence-electron chi connectivity index (χ2n) is 9.34. The van der Waals surface area contributed by atoms with Gasteiger partial charge in [-0.3, -0.25) is 4.98 Å². The summed E-state index contributed by atoms with van der Waals surface area (Å²) >= 11 is 6.09. The van der Waals surface area contributed by atoms with Crippen molar-refractivity contribution in [1.82, 2.24) is 24.8 Å². The number of nitrogens with zero attached hydrogens (tertiary/aromatic N) is 4. The Kier molecular flexibility index (Phi) is 6.48. The van der Waals surface area contributed by atoms with Gasteiger partial charge >= 0.3 is 0 Å². The molecule has 0 bridgehead atoms. The lowest BCUT2D eigenvalue weighted by molar-refractivity contribution is 0.146. The fraction of sp³-hybridized carbons (Fsp3) is 0.346. The van der Waals surface area contributed by atoms with Crippen LogP contribution in [0.5, 0.6) is 0 Å². The molecule has 0 unspecified atom stereocenters. The van der Waals surface area contributed by atoms with E-state index in [2.05, 4.69) is 39.0 Å². The van der Waals surface area contributed by atoms with E-state index in [1.165, 1.54) is 24.9 Å². The first-order valence-electron chi connectivity index (χ1n) is 11.7. The van der Waals surface area contributed by atoms with Crippen molar-refractivity contribution in [2.45, 2.75) is 20.3 Å². The first kappa shape index (κ1) is 22.7. The lowest BCUT2D eigenvalue weighted by Gasteiger charge is -2.35. The summed E-state index contributed by atoms with van der Waals surface area (Å²) in [6.07, 6.45) is 4.69. The van der Waals surface area contributed by atoms with Gasteiger partial charge in [0.15, 0.2) is 0 Å². The molecule has 4 heterocycles. The molecule has 6 nitrogen and oxygen atoms in total. The van der Waals surface area contributed by atoms with Crippen molar-refractivity contribution in [3.8, 4) is 22.6 Å². The minimum absolute atomic E-state index is 0.334. The number of imidazole rings is 1. The highest BCUT2D eigenvalue weighted by molar-refractivity contribution is 6.30. The van der Waals surface area contributed by atoms with Gasteiger partial charge < -0.3 is 15.2 Å². The van der Waals surface area contributed by atoms with Crippen molar-refractivity contribution in [2.75, 3.05) is 31.5 Å². The van der Waals surface area contributed by atoms with Crippen LogP contribution in [0.2, 0.25) is 5.02 Å². The second-order valence-corrected chi connectivity index (χ2v) is 9.78. The van der Waals surface area contributed by atoms with Crippen LogP contribution in [0.4, 0.5) is 10.1 Å². The van der Waals surface area contributed by atoms with Crippen LogP contribution in [0.25, 0.3) is 33.7 Å². The quantitative estimate of drug-likeness (QED) is 0.362. The van der Waals surface area contributed by atoms with Gasteiger partial charge in [0.2, 0.25) is 0 Å². The Balaban J connectivity index is 1.35. The van der Waals surface area contributed by atoms with Gasteiger partial charge in [-0.25, -0.2) is 14.4 Å². The van der Waals surface area contributed by atoms with E-state index in [-0.39, 0.29) is 5.82 Å². The molecular formula is C26H28ClFN6. The maximum atomic E-state index is 14.5. The van der Waals surface area contributed by atoms with Gasteiger partial charge in [0.25, 0.3) is 0 Å². The summed E-state index contributed by atoms with van der Waals surface area (Å²) in [7, 11) is 0. The number of anilines is 1. The molecule has 3 aromatic heterocycles. The average Bonchev–Trinajstić information content (AvgIpc) is 3.29. The van der Waals surface area contributed by atoms with E-state index < -0.39 is 0 Å². The summed E-state index contributed by atoms with van der Waals surface area (Å²) in [6.45, 7) is 8.84. The highest BCUT2D eigenvalue weighted by atomic mass is 35.5. The number of hydrogen-bond acceptors (Lipinski definition) is 5. The molecule has 2 N–H and O–H groups in total. The summed E-state index contributed by atoms with van der Waals surface area (Å²) in [5, 5.41) is 3.94. The number of aromatic nitrogens is 4. The number of nitrogens with one attached hydrogen (secondary N) is 2. The first-order chi connectivity index (χ1) is 16.5. The van der Waals surface area contributed by atoms with Gasteiger partial charge in [-0.05, 0) is 54.7 Å². The first-order valence-corrected chi connectivity index (χ1v) is 12.1. The van der Waals surface area contributed by atoms with Crippen LogP contribution in [0.1, 0.15) is 20.3 Å². The Morgan fingerprint density at radius 1 is 1.09 bits per heavy atom. The molecule has 1 fully saturated rings. The third kappa shape index (κ3) is 4.91. The van der Waals surface area contributed by atoms with E-state index in [1.807, 2.05) is 24.4 Å². The summed E-state index contributed by atoms with van der Waals surface area (Å²) in [6, 6.07) is 10.2. The van der Waals surface area contributed by atoms with Crippen LogP contribution >= 0.6 is 11.6 Å². The van der Waals surface area contributed by atoms with E-state index in [0.29, 0.717) is 27.7 Å². The number of halogens is 2. The van der Waals surface area contributed by atoms with Crippen molar-refractivity contribution in [3.63, 3.8) is 0 Å². The molecule has 1 saturated heterocycles. The largest absolute Gasteiger partial charge is 0.382 e. The lowest BCUT2D eigenvalue weighted by Crippen LogP contribution is -2.41. The number of benzene rings is 1. The number of likely N-dealkylation sites (tertiary alicyclic amines) is 1. The maximum absolute atomic E-state index is 14.5. The van der Waals surface area contributed by atoms with Crippen molar-refractivity contribution >= 4 is 28.3 Å². The SMILES string of the molecule is C[C@@H]1C[C@H](C)CN(CCNc2cnc3ccc(-c4[nH]cnc4-c4cc(Cl)ccc4F)nc3c2)C1. The van der Waals surface area contributed by atoms with Gasteiger partial charge in [0, 0.05) is 36.8 Å². The number of pyridine rings is 2. The topological polar surface area (TPSA) is 69.7 Å². The number of piperidine rings is 1. The zero-order valence-electron chi connectivity index (χ0n) is 19.4. The minimum Gasteiger partial charge on any atom is -0.382 e. The zero-order valence-corrected chi connectivity index (χ0v) is 20.1. The molecule has 0 spiro atoms. The van der Waals surface area contributed by atoms with Crippen molar-refractivity contribution in [2.24, 2.45) is 11.8 Å². The Morgan fingerprint density at radius 3 is 2.74 bits per heavy atom. The molecule has 176 valence electrons. The Morgan fingerprint density at radius 2 is 1.91 bits per heavy atom. The van der Waals surface area contributed by atoms with Crippen molar-refractivity contribution in [3.05, 3.63) is 59.8 Å². The van der Waals surface area contributed by atoms with Crippen molar-refractivity contribution in [1.29, 1.82) is 0 Å². The lowest BCUT2D eigenvalue weighted by atomic mass is 9.92. The van der Waals surface area contributed by atoms with Crippen LogP contribution in [0.15, 0.2) is 48.9 Å². The molecule has 4 aromatic rings. The monoisotopic (exact) mass is 478 g/mol. The van der Waals surface area contributed by atoms with Crippen molar-refractivity contribution < 1.29 is 4.39 Å². The molecule has 2 atom stereocenters. The number of H-pyrrole nitrogens is 1. The predicted octanol–water partition coefficient (Wildman–Crippen LogP) is 5.87. The third-order valence-corrected chi connectivity index (χ3v) is 6.55. The standard InChI is InChI=1S/C26H28ClFN6/c1-16-9-17(2)14-34(13-16)8-7-29-19-11-24-22(30-12-19)5-6-23(33-24)26-25(31-15-32-26)20-10-18(27)3-4-21(20)28/h3-6,10-12,15-17,29H,7-9,13-14H2,1-2H3,(H,31,32)/t16-,17+. The minimum atomic E-state index is -0.385. The van der Waals surface area contributed by atoms with Crippen LogP contribution in [0.3, 0.4) is 0 Å². The molecule has 8 heteroatoms. The highest BCUT2D eigenvalue weighted by Gasteiger charge is 2.21. The van der Waals surface area contributed by atoms with E-state index in [1.54, 1.807) is 6.07 Å². The number of fused-ring (bicyclic) bond motifs is 1. The molecule has 1 aliphatic rings. The Hall–Kier alpha value is -3.03. The summed E-state index contributed by atoms with van der Waals surface area (Å²) in [5.41, 5.74) is 4.59. The van der Waals surface area contributed by atoms with Gasteiger partial charge in [-0.2, -0.15) is 0 Å². The Labute approximate surface area is 203 Å². The predicted molar refractivity (Wildman–Crippen MR) is 135 cm³/mol. The van der Waals surface area contributed by atoms with E-state index >= 15 is 0 Å². The Bertz CT molecular complexity index is 1300. The molecule has 1 aromatic carbocycles. The molecular weight excluding hydrogens is 451 g/mol. The summed E-state index contributed by atoms with van der Waals surface area (Å²) in [5.74, 6) is 1.12. The molecule has 1 aliphatic heterocycles. The number of rotatable bonds is 6. The van der Waals surface area contributed by atoms with E-state index in [4.69, 9.17) is 16.6 Å². The molecule has 0 amide bonds. The fourth-order valence-electron chi connectivity index (χ4n) is 4.95. The summed E-state index contributed by atoms with van der Waals surface area (Å²) in [4.78, 5) is 19.3. The van der Waals surface area contributed by atoms with Crippen LogP contribution < -0.4 is 5.32 Å². The average molecular weight is 479 g/mol. The second kappa shape index (κ2) is 9.68. The third-order valence-electron chi connectivity index (χ3n) is 6.32. The molecule has 0 radical (unpaired) electrons. The van der Waals surface area contributed by atoms with E-state index in [9.17, 15) is 4.39 Å². The normalized spacial score (nSPS) is 18.9.